The minimum atomic E-state index is -3.35. The number of anilines is 1. The molecule has 7 heteroatoms. The Bertz CT molecular complexity index is 404. The number of hydrogen-bond acceptors (Lipinski definition) is 4. The number of sulfonamides is 1. The van der Waals surface area contributed by atoms with Crippen molar-refractivity contribution >= 4 is 31.8 Å². The molecule has 0 unspecified atom stereocenters. The SMILES string of the molecule is NS(=O)(=O)CCCNc1ccc(Br)cn1. The molecule has 0 saturated carbocycles. The minimum absolute atomic E-state index is 0.0173. The number of nitrogens with two attached hydrogens (primary N) is 1. The molecule has 1 aromatic rings. The highest BCUT2D eigenvalue weighted by Gasteiger charge is 2.01. The third kappa shape index (κ3) is 5.71. The van der Waals surface area contributed by atoms with Crippen molar-refractivity contribution in [3.63, 3.8) is 0 Å². The summed E-state index contributed by atoms with van der Waals surface area (Å²) >= 11 is 3.27. The Labute approximate surface area is 97.3 Å². The summed E-state index contributed by atoms with van der Waals surface area (Å²) in [6, 6.07) is 3.66. The summed E-state index contributed by atoms with van der Waals surface area (Å²) in [6.07, 6.45) is 2.14. The maximum atomic E-state index is 10.6. The Balaban J connectivity index is 2.29. The topological polar surface area (TPSA) is 85.1 Å². The van der Waals surface area contributed by atoms with Crippen molar-refractivity contribution in [2.24, 2.45) is 5.14 Å². The fraction of sp³-hybridized carbons (Fsp3) is 0.375. The summed E-state index contributed by atoms with van der Waals surface area (Å²) in [5.41, 5.74) is 0. The van der Waals surface area contributed by atoms with Crippen LogP contribution in [0.3, 0.4) is 0 Å². The molecule has 3 N–H and O–H groups in total. The molecule has 0 aliphatic rings. The smallest absolute Gasteiger partial charge is 0.209 e. The molecule has 1 rings (SSSR count). The molecule has 0 amide bonds. The molecule has 0 aliphatic heterocycles. The van der Waals surface area contributed by atoms with Crippen molar-refractivity contribution < 1.29 is 8.42 Å². The summed E-state index contributed by atoms with van der Waals surface area (Å²) in [7, 11) is -3.35. The summed E-state index contributed by atoms with van der Waals surface area (Å²) in [5.74, 6) is 0.698. The molecule has 0 radical (unpaired) electrons. The zero-order valence-corrected chi connectivity index (χ0v) is 10.4. The molecular weight excluding hydrogens is 282 g/mol. The number of nitrogens with zero attached hydrogens (tertiary/aromatic N) is 1. The second-order valence-electron chi connectivity index (χ2n) is 3.01. The number of aromatic nitrogens is 1. The van der Waals surface area contributed by atoms with Crippen LogP contribution in [0.5, 0.6) is 0 Å². The van der Waals surface area contributed by atoms with Crippen LogP contribution in [0.15, 0.2) is 22.8 Å². The van der Waals surface area contributed by atoms with Gasteiger partial charge in [-0.3, -0.25) is 0 Å². The maximum Gasteiger partial charge on any atom is 0.209 e. The van der Waals surface area contributed by atoms with E-state index in [1.807, 2.05) is 6.07 Å². The highest BCUT2D eigenvalue weighted by molar-refractivity contribution is 9.10. The fourth-order valence-corrected chi connectivity index (χ4v) is 1.75. The molecular formula is C8H12BrN3O2S. The molecule has 0 atom stereocenters. The van der Waals surface area contributed by atoms with Crippen LogP contribution in [0, 0.1) is 0 Å². The Morgan fingerprint density at radius 2 is 2.20 bits per heavy atom. The van der Waals surface area contributed by atoms with E-state index in [0.717, 1.165) is 4.47 Å². The molecule has 15 heavy (non-hydrogen) atoms. The molecule has 0 spiro atoms. The Morgan fingerprint density at radius 3 is 2.73 bits per heavy atom. The van der Waals surface area contributed by atoms with Crippen molar-refractivity contribution in [1.82, 2.24) is 4.98 Å². The fourth-order valence-electron chi connectivity index (χ4n) is 0.970. The second-order valence-corrected chi connectivity index (χ2v) is 5.66. The normalized spacial score (nSPS) is 11.3. The largest absolute Gasteiger partial charge is 0.370 e. The lowest BCUT2D eigenvalue weighted by molar-refractivity contribution is 0.595. The van der Waals surface area contributed by atoms with Crippen LogP contribution in [0.4, 0.5) is 5.82 Å². The highest BCUT2D eigenvalue weighted by Crippen LogP contribution is 2.10. The minimum Gasteiger partial charge on any atom is -0.370 e. The van der Waals surface area contributed by atoms with Gasteiger partial charge in [-0.05, 0) is 34.5 Å². The number of halogens is 1. The Kier molecular flexibility index (Phi) is 4.49. The summed E-state index contributed by atoms with van der Waals surface area (Å²) in [4.78, 5) is 4.07. The van der Waals surface area contributed by atoms with E-state index in [-0.39, 0.29) is 5.75 Å². The molecule has 5 nitrogen and oxygen atoms in total. The van der Waals surface area contributed by atoms with Gasteiger partial charge in [-0.2, -0.15) is 0 Å². The van der Waals surface area contributed by atoms with Crippen molar-refractivity contribution in [3.8, 4) is 0 Å². The van der Waals surface area contributed by atoms with Crippen molar-refractivity contribution in [2.45, 2.75) is 6.42 Å². The van der Waals surface area contributed by atoms with Crippen LogP contribution in [-0.4, -0.2) is 25.7 Å². The van der Waals surface area contributed by atoms with Crippen molar-refractivity contribution in [2.75, 3.05) is 17.6 Å². The first kappa shape index (κ1) is 12.4. The molecule has 0 aliphatic carbocycles. The lowest BCUT2D eigenvalue weighted by atomic mass is 10.4. The van der Waals surface area contributed by atoms with Crippen LogP contribution in [0.1, 0.15) is 6.42 Å². The molecule has 0 saturated heterocycles. The van der Waals surface area contributed by atoms with Gasteiger partial charge in [0.2, 0.25) is 10.0 Å². The first-order chi connectivity index (χ1) is 6.97. The quantitative estimate of drug-likeness (QED) is 0.791. The van der Waals surface area contributed by atoms with E-state index in [0.29, 0.717) is 18.8 Å². The summed E-state index contributed by atoms with van der Waals surface area (Å²) < 4.78 is 22.1. The van der Waals surface area contributed by atoms with Crippen LogP contribution >= 0.6 is 15.9 Å². The zero-order chi connectivity index (χ0) is 11.3. The van der Waals surface area contributed by atoms with E-state index in [1.54, 1.807) is 12.3 Å². The van der Waals surface area contributed by atoms with E-state index < -0.39 is 10.0 Å². The number of hydrogen-bond donors (Lipinski definition) is 2. The number of pyridine rings is 1. The predicted octanol–water partition coefficient (Wildman–Crippen LogP) is 0.935. The third-order valence-electron chi connectivity index (χ3n) is 1.64. The van der Waals surface area contributed by atoms with Crippen LogP contribution in [-0.2, 0) is 10.0 Å². The summed E-state index contributed by atoms with van der Waals surface area (Å²) in [6.45, 7) is 0.533. The van der Waals surface area contributed by atoms with Gasteiger partial charge in [-0.25, -0.2) is 18.5 Å². The second kappa shape index (κ2) is 5.43. The van der Waals surface area contributed by atoms with Crippen LogP contribution in [0.25, 0.3) is 0 Å². The first-order valence-electron chi connectivity index (χ1n) is 4.33. The molecule has 0 bridgehead atoms. The van der Waals surface area contributed by atoms with E-state index in [4.69, 9.17) is 5.14 Å². The average molecular weight is 294 g/mol. The van der Waals surface area contributed by atoms with Gasteiger partial charge in [0.05, 0.1) is 5.75 Å². The third-order valence-corrected chi connectivity index (χ3v) is 2.97. The van der Waals surface area contributed by atoms with E-state index >= 15 is 0 Å². The Hall–Kier alpha value is -0.660. The first-order valence-corrected chi connectivity index (χ1v) is 6.84. The van der Waals surface area contributed by atoms with Crippen molar-refractivity contribution in [1.29, 1.82) is 0 Å². The standard InChI is InChI=1S/C8H12BrN3O2S/c9-7-2-3-8(12-6-7)11-4-1-5-15(10,13)14/h2-3,6H,1,4-5H2,(H,11,12)(H2,10,13,14). The van der Waals surface area contributed by atoms with Crippen LogP contribution in [0.2, 0.25) is 0 Å². The predicted molar refractivity (Wildman–Crippen MR) is 63.0 cm³/mol. The number of nitrogens with one attached hydrogen (secondary N) is 1. The van der Waals surface area contributed by atoms with Gasteiger partial charge in [-0.1, -0.05) is 0 Å². The molecule has 0 aromatic carbocycles. The zero-order valence-electron chi connectivity index (χ0n) is 7.98. The van der Waals surface area contributed by atoms with E-state index in [9.17, 15) is 8.42 Å². The summed E-state index contributed by atoms with van der Waals surface area (Å²) in [5, 5.41) is 7.85. The molecule has 84 valence electrons. The number of primary sulfonamides is 1. The Morgan fingerprint density at radius 1 is 1.47 bits per heavy atom. The molecule has 0 fully saturated rings. The van der Waals surface area contributed by atoms with Gasteiger partial charge in [0.25, 0.3) is 0 Å². The molecule has 1 heterocycles. The van der Waals surface area contributed by atoms with Crippen LogP contribution < -0.4 is 10.5 Å². The lowest BCUT2D eigenvalue weighted by Crippen LogP contribution is -2.18. The van der Waals surface area contributed by atoms with Gasteiger partial charge >= 0.3 is 0 Å². The lowest BCUT2D eigenvalue weighted by Gasteiger charge is -2.04. The van der Waals surface area contributed by atoms with Gasteiger partial charge in [-0.15, -0.1) is 0 Å². The van der Waals surface area contributed by atoms with Gasteiger partial charge < -0.3 is 5.32 Å². The van der Waals surface area contributed by atoms with Gasteiger partial charge in [0.15, 0.2) is 0 Å². The van der Waals surface area contributed by atoms with Gasteiger partial charge in [0, 0.05) is 17.2 Å². The average Bonchev–Trinajstić information content (AvgIpc) is 2.14. The monoisotopic (exact) mass is 293 g/mol. The van der Waals surface area contributed by atoms with E-state index in [2.05, 4.69) is 26.2 Å². The maximum absolute atomic E-state index is 10.6. The highest BCUT2D eigenvalue weighted by atomic mass is 79.9. The molecule has 1 aromatic heterocycles. The van der Waals surface area contributed by atoms with Gasteiger partial charge in [0.1, 0.15) is 5.82 Å². The van der Waals surface area contributed by atoms with Crippen molar-refractivity contribution in [3.05, 3.63) is 22.8 Å². The van der Waals surface area contributed by atoms with E-state index in [1.165, 1.54) is 0 Å². The number of rotatable bonds is 5.